The second-order valence-electron chi connectivity index (χ2n) is 4.94. The second kappa shape index (κ2) is 6.68. The summed E-state index contributed by atoms with van der Waals surface area (Å²) in [7, 11) is 1.59. The van der Waals surface area contributed by atoms with E-state index >= 15 is 0 Å². The molecule has 2 rings (SSSR count). The van der Waals surface area contributed by atoms with Crippen molar-refractivity contribution in [2.45, 2.75) is 19.9 Å². The van der Waals surface area contributed by atoms with Gasteiger partial charge in [0.25, 0.3) is 0 Å². The first-order valence-corrected chi connectivity index (χ1v) is 6.89. The Bertz CT molecular complexity index is 608. The minimum absolute atomic E-state index is 0.324. The molecule has 0 aliphatic carbocycles. The van der Waals surface area contributed by atoms with Crippen LogP contribution in [0.2, 0.25) is 0 Å². The molecule has 1 unspecified atom stereocenters. The van der Waals surface area contributed by atoms with Gasteiger partial charge in [-0.25, -0.2) is 8.78 Å². The molecule has 4 heteroatoms. The minimum Gasteiger partial charge on any atom is -0.496 e. The van der Waals surface area contributed by atoms with Crippen LogP contribution in [0.25, 0.3) is 0 Å². The molecule has 0 amide bonds. The average molecular weight is 291 g/mol. The number of benzene rings is 2. The lowest BCUT2D eigenvalue weighted by Crippen LogP contribution is -2.23. The van der Waals surface area contributed by atoms with Crippen molar-refractivity contribution in [3.8, 4) is 5.75 Å². The molecular weight excluding hydrogens is 272 g/mol. The number of aryl methyl sites for hydroxylation is 1. The maximum Gasteiger partial charge on any atom is 0.126 e. The van der Waals surface area contributed by atoms with Crippen molar-refractivity contribution < 1.29 is 13.5 Å². The first-order valence-electron chi connectivity index (χ1n) is 6.89. The molecule has 0 saturated heterocycles. The third-order valence-corrected chi connectivity index (χ3v) is 3.32. The Morgan fingerprint density at radius 2 is 1.76 bits per heavy atom. The monoisotopic (exact) mass is 291 g/mol. The summed E-state index contributed by atoms with van der Waals surface area (Å²) < 4.78 is 32.4. The van der Waals surface area contributed by atoms with Gasteiger partial charge in [-0.2, -0.15) is 0 Å². The topological polar surface area (TPSA) is 21.3 Å². The molecule has 2 aromatic carbocycles. The lowest BCUT2D eigenvalue weighted by Gasteiger charge is -2.22. The number of nitrogens with one attached hydrogen (secondary N) is 1. The van der Waals surface area contributed by atoms with Crippen LogP contribution in [0.5, 0.6) is 5.75 Å². The second-order valence-corrected chi connectivity index (χ2v) is 4.94. The Morgan fingerprint density at radius 1 is 1.10 bits per heavy atom. The molecule has 0 radical (unpaired) electrons. The fourth-order valence-electron chi connectivity index (χ4n) is 2.43. The zero-order valence-corrected chi connectivity index (χ0v) is 12.4. The molecule has 2 aromatic rings. The van der Waals surface area contributed by atoms with Crippen LogP contribution in [0.15, 0.2) is 36.4 Å². The van der Waals surface area contributed by atoms with Gasteiger partial charge in [0, 0.05) is 11.6 Å². The molecule has 112 valence electrons. The number of methoxy groups -OCH3 is 1. The zero-order valence-electron chi connectivity index (χ0n) is 12.4. The summed E-state index contributed by atoms with van der Waals surface area (Å²) in [5.41, 5.74) is 2.47. The molecule has 0 aromatic heterocycles. The third-order valence-electron chi connectivity index (χ3n) is 3.32. The Labute approximate surface area is 123 Å². The van der Waals surface area contributed by atoms with E-state index in [1.165, 1.54) is 12.1 Å². The maximum atomic E-state index is 13.5. The van der Waals surface area contributed by atoms with Crippen molar-refractivity contribution in [3.63, 3.8) is 0 Å². The summed E-state index contributed by atoms with van der Waals surface area (Å²) in [4.78, 5) is 0. The summed E-state index contributed by atoms with van der Waals surface area (Å²) >= 11 is 0. The fourth-order valence-corrected chi connectivity index (χ4v) is 2.43. The molecule has 0 spiro atoms. The first-order chi connectivity index (χ1) is 10.0. The van der Waals surface area contributed by atoms with E-state index in [1.807, 2.05) is 32.0 Å². The summed E-state index contributed by atoms with van der Waals surface area (Å²) in [5.74, 6) is -0.477. The average Bonchev–Trinajstić information content (AvgIpc) is 2.43. The van der Waals surface area contributed by atoms with Crippen LogP contribution in [0, 0.1) is 18.6 Å². The Hall–Kier alpha value is -1.94. The molecule has 0 fully saturated rings. The molecule has 2 nitrogen and oxygen atoms in total. The quantitative estimate of drug-likeness (QED) is 0.899. The van der Waals surface area contributed by atoms with E-state index in [4.69, 9.17) is 4.74 Å². The molecule has 0 bridgehead atoms. The van der Waals surface area contributed by atoms with Crippen molar-refractivity contribution in [2.24, 2.45) is 0 Å². The van der Waals surface area contributed by atoms with Crippen LogP contribution >= 0.6 is 0 Å². The number of hydrogen-bond donors (Lipinski definition) is 1. The van der Waals surface area contributed by atoms with Gasteiger partial charge < -0.3 is 10.1 Å². The molecule has 0 saturated carbocycles. The van der Waals surface area contributed by atoms with Gasteiger partial charge in [-0.15, -0.1) is 0 Å². The summed E-state index contributed by atoms with van der Waals surface area (Å²) in [6.07, 6.45) is 0. The number of ether oxygens (including phenoxy) is 1. The highest BCUT2D eigenvalue weighted by Gasteiger charge is 2.19. The number of halogens is 2. The van der Waals surface area contributed by atoms with E-state index in [0.29, 0.717) is 17.9 Å². The predicted octanol–water partition coefficient (Wildman–Crippen LogP) is 3.98. The molecule has 0 aliphatic heterocycles. The molecule has 1 atom stereocenters. The van der Waals surface area contributed by atoms with Crippen LogP contribution in [-0.4, -0.2) is 13.7 Å². The fraction of sp³-hybridized carbons (Fsp3) is 0.294. The molecule has 1 N–H and O–H groups in total. The van der Waals surface area contributed by atoms with Gasteiger partial charge in [0.2, 0.25) is 0 Å². The SMILES string of the molecule is CCNC(c1cc(F)cc(F)c1)c1cc(C)ccc1OC. The van der Waals surface area contributed by atoms with Crippen molar-refractivity contribution in [2.75, 3.05) is 13.7 Å². The van der Waals surface area contributed by atoms with Crippen LogP contribution in [0.1, 0.15) is 29.7 Å². The van der Waals surface area contributed by atoms with Crippen LogP contribution in [0.4, 0.5) is 8.78 Å². The van der Waals surface area contributed by atoms with Gasteiger partial charge in [0.05, 0.1) is 13.2 Å². The van der Waals surface area contributed by atoms with E-state index in [1.54, 1.807) is 7.11 Å². The Balaban J connectivity index is 2.55. The van der Waals surface area contributed by atoms with Crippen LogP contribution < -0.4 is 10.1 Å². The molecule has 21 heavy (non-hydrogen) atoms. The summed E-state index contributed by atoms with van der Waals surface area (Å²) in [5, 5.41) is 3.26. The van der Waals surface area contributed by atoms with E-state index in [0.717, 1.165) is 17.2 Å². The van der Waals surface area contributed by atoms with Gasteiger partial charge in [0.15, 0.2) is 0 Å². The van der Waals surface area contributed by atoms with Gasteiger partial charge >= 0.3 is 0 Å². The lowest BCUT2D eigenvalue weighted by atomic mass is 9.96. The van der Waals surface area contributed by atoms with E-state index in [-0.39, 0.29) is 6.04 Å². The highest BCUT2D eigenvalue weighted by atomic mass is 19.1. The standard InChI is InChI=1S/C17H19F2NO/c1-4-20-17(12-8-13(18)10-14(19)9-12)15-7-11(2)5-6-16(15)21-3/h5-10,17,20H,4H2,1-3H3. The number of rotatable bonds is 5. The van der Waals surface area contributed by atoms with Crippen molar-refractivity contribution >= 4 is 0 Å². The largest absolute Gasteiger partial charge is 0.496 e. The highest BCUT2D eigenvalue weighted by molar-refractivity contribution is 5.44. The van der Waals surface area contributed by atoms with Crippen molar-refractivity contribution in [3.05, 3.63) is 64.7 Å². The predicted molar refractivity (Wildman–Crippen MR) is 79.6 cm³/mol. The smallest absolute Gasteiger partial charge is 0.126 e. The third kappa shape index (κ3) is 3.58. The molecule has 0 aliphatic rings. The van der Waals surface area contributed by atoms with Crippen molar-refractivity contribution in [1.82, 2.24) is 5.32 Å². The number of hydrogen-bond acceptors (Lipinski definition) is 2. The normalized spacial score (nSPS) is 12.2. The van der Waals surface area contributed by atoms with Crippen molar-refractivity contribution in [1.29, 1.82) is 0 Å². The Morgan fingerprint density at radius 3 is 2.33 bits per heavy atom. The first kappa shape index (κ1) is 15.4. The minimum atomic E-state index is -0.584. The van der Waals surface area contributed by atoms with Gasteiger partial charge in [-0.3, -0.25) is 0 Å². The molecule has 0 heterocycles. The highest BCUT2D eigenvalue weighted by Crippen LogP contribution is 2.31. The maximum absolute atomic E-state index is 13.5. The summed E-state index contributed by atoms with van der Waals surface area (Å²) in [6, 6.07) is 9.02. The van der Waals surface area contributed by atoms with Crippen LogP contribution in [-0.2, 0) is 0 Å². The molecular formula is C17H19F2NO. The van der Waals surface area contributed by atoms with E-state index in [2.05, 4.69) is 5.32 Å². The lowest BCUT2D eigenvalue weighted by molar-refractivity contribution is 0.404. The summed E-state index contributed by atoms with van der Waals surface area (Å²) in [6.45, 7) is 4.59. The Kier molecular flexibility index (Phi) is 4.91. The van der Waals surface area contributed by atoms with Gasteiger partial charge in [-0.05, 0) is 37.2 Å². The van der Waals surface area contributed by atoms with Gasteiger partial charge in [-0.1, -0.05) is 24.6 Å². The van der Waals surface area contributed by atoms with E-state index < -0.39 is 11.6 Å². The van der Waals surface area contributed by atoms with E-state index in [9.17, 15) is 8.78 Å². The van der Waals surface area contributed by atoms with Gasteiger partial charge in [0.1, 0.15) is 17.4 Å². The zero-order chi connectivity index (χ0) is 15.4. The van der Waals surface area contributed by atoms with Crippen LogP contribution in [0.3, 0.4) is 0 Å².